The van der Waals surface area contributed by atoms with E-state index in [0.29, 0.717) is 22.2 Å². The van der Waals surface area contributed by atoms with Crippen molar-refractivity contribution < 1.29 is 18.9 Å². The maximum atomic E-state index is 12.9. The Morgan fingerprint density at radius 3 is 2.17 bits per heavy atom. The molecule has 0 fully saturated rings. The summed E-state index contributed by atoms with van der Waals surface area (Å²) in [4.78, 5) is 35.8. The summed E-state index contributed by atoms with van der Waals surface area (Å²) in [6, 6.07) is 21.0. The molecule has 8 heteroatoms. The van der Waals surface area contributed by atoms with Gasteiger partial charge >= 0.3 is 0 Å². The molecule has 2 N–H and O–H groups in total. The third kappa shape index (κ3) is 3.74. The van der Waals surface area contributed by atoms with Crippen LogP contribution in [0.1, 0.15) is 20.9 Å². The summed E-state index contributed by atoms with van der Waals surface area (Å²) in [5.74, 6) is -1.05. The average molecular weight is 401 g/mol. The molecule has 3 aromatic carbocycles. The molecule has 0 unspecified atom stereocenters. The molecule has 0 bridgehead atoms. The van der Waals surface area contributed by atoms with Crippen LogP contribution in [0.5, 0.6) is 0 Å². The molecule has 148 valence electrons. The molecule has 0 spiro atoms. The van der Waals surface area contributed by atoms with E-state index in [2.05, 4.69) is 10.6 Å². The number of furan rings is 1. The third-order valence-corrected chi connectivity index (χ3v) is 4.41. The Bertz CT molecular complexity index is 1250. The minimum atomic E-state index is -0.594. The Labute approximate surface area is 170 Å². The molecule has 1 aromatic heterocycles. The number of nitrogens with one attached hydrogen (secondary N) is 2. The number of anilines is 2. The van der Waals surface area contributed by atoms with Gasteiger partial charge in [0.25, 0.3) is 17.5 Å². The van der Waals surface area contributed by atoms with E-state index in [1.165, 1.54) is 24.3 Å². The van der Waals surface area contributed by atoms with Crippen molar-refractivity contribution in [2.24, 2.45) is 0 Å². The predicted molar refractivity (Wildman–Crippen MR) is 112 cm³/mol. The van der Waals surface area contributed by atoms with Crippen molar-refractivity contribution in [1.29, 1.82) is 0 Å². The van der Waals surface area contributed by atoms with Crippen LogP contribution in [0.4, 0.5) is 17.1 Å². The zero-order valence-electron chi connectivity index (χ0n) is 15.5. The smallest absolute Gasteiger partial charge is 0.293 e. The summed E-state index contributed by atoms with van der Waals surface area (Å²) >= 11 is 0. The summed E-state index contributed by atoms with van der Waals surface area (Å²) < 4.78 is 5.70. The molecule has 2 amide bonds. The highest BCUT2D eigenvalue weighted by Gasteiger charge is 2.23. The largest absolute Gasteiger partial charge is 0.449 e. The first-order chi connectivity index (χ1) is 14.5. The molecular weight excluding hydrogens is 386 g/mol. The minimum Gasteiger partial charge on any atom is -0.449 e. The number of nitro benzene ring substituents is 1. The molecule has 0 aliphatic carbocycles. The normalized spacial score (nSPS) is 10.5. The fourth-order valence-corrected chi connectivity index (χ4v) is 2.96. The van der Waals surface area contributed by atoms with Gasteiger partial charge in [-0.1, -0.05) is 30.3 Å². The first kappa shape index (κ1) is 18.9. The molecule has 1 heterocycles. The molecule has 0 radical (unpaired) electrons. The van der Waals surface area contributed by atoms with E-state index in [1.54, 1.807) is 54.6 Å². The highest BCUT2D eigenvalue weighted by atomic mass is 16.6. The lowest BCUT2D eigenvalue weighted by Crippen LogP contribution is -2.17. The second kappa shape index (κ2) is 7.88. The number of carbonyl (C=O) groups is 2. The Morgan fingerprint density at radius 2 is 1.47 bits per heavy atom. The maximum Gasteiger partial charge on any atom is 0.293 e. The van der Waals surface area contributed by atoms with Crippen molar-refractivity contribution in [3.63, 3.8) is 0 Å². The zero-order chi connectivity index (χ0) is 21.1. The van der Waals surface area contributed by atoms with Crippen LogP contribution in [0.3, 0.4) is 0 Å². The lowest BCUT2D eigenvalue weighted by molar-refractivity contribution is -0.384. The second-order valence-corrected chi connectivity index (χ2v) is 6.38. The number of fused-ring (bicyclic) bond motifs is 1. The maximum absolute atomic E-state index is 12.9. The van der Waals surface area contributed by atoms with E-state index in [0.717, 1.165) is 0 Å². The van der Waals surface area contributed by atoms with Crippen molar-refractivity contribution in [2.45, 2.75) is 0 Å². The number of nitro groups is 1. The summed E-state index contributed by atoms with van der Waals surface area (Å²) in [6.45, 7) is 0. The quantitative estimate of drug-likeness (QED) is 0.367. The van der Waals surface area contributed by atoms with Crippen LogP contribution in [0.15, 0.2) is 83.3 Å². The van der Waals surface area contributed by atoms with Crippen LogP contribution in [-0.2, 0) is 0 Å². The summed E-state index contributed by atoms with van der Waals surface area (Å²) in [7, 11) is 0. The first-order valence-corrected chi connectivity index (χ1v) is 8.96. The van der Waals surface area contributed by atoms with Gasteiger partial charge in [-0.3, -0.25) is 19.7 Å². The number of rotatable bonds is 5. The second-order valence-electron chi connectivity index (χ2n) is 6.38. The van der Waals surface area contributed by atoms with Gasteiger partial charge in [-0.25, -0.2) is 0 Å². The van der Waals surface area contributed by atoms with Crippen molar-refractivity contribution in [3.05, 3.63) is 100 Å². The molecule has 4 aromatic rings. The number of carbonyl (C=O) groups excluding carboxylic acids is 2. The topological polar surface area (TPSA) is 114 Å². The van der Waals surface area contributed by atoms with Crippen LogP contribution < -0.4 is 10.6 Å². The number of amides is 2. The van der Waals surface area contributed by atoms with Crippen LogP contribution in [0.2, 0.25) is 0 Å². The predicted octanol–water partition coefficient (Wildman–Crippen LogP) is 4.85. The number of para-hydroxylation sites is 1. The van der Waals surface area contributed by atoms with Crippen molar-refractivity contribution in [1.82, 2.24) is 0 Å². The van der Waals surface area contributed by atoms with E-state index in [4.69, 9.17) is 4.42 Å². The van der Waals surface area contributed by atoms with Gasteiger partial charge in [0.2, 0.25) is 5.76 Å². The monoisotopic (exact) mass is 401 g/mol. The van der Waals surface area contributed by atoms with Gasteiger partial charge < -0.3 is 15.1 Å². The molecule has 0 saturated heterocycles. The van der Waals surface area contributed by atoms with Crippen LogP contribution >= 0.6 is 0 Å². The Hall–Kier alpha value is -4.46. The van der Waals surface area contributed by atoms with Crippen LogP contribution in [0.25, 0.3) is 11.0 Å². The molecular formula is C22H15N3O5. The van der Waals surface area contributed by atoms with Gasteiger partial charge in [-0.2, -0.15) is 0 Å². The van der Waals surface area contributed by atoms with E-state index in [-0.39, 0.29) is 23.0 Å². The molecule has 30 heavy (non-hydrogen) atoms. The summed E-state index contributed by atoms with van der Waals surface area (Å²) in [5.41, 5.74) is 1.39. The molecule has 0 aliphatic rings. The van der Waals surface area contributed by atoms with Gasteiger partial charge in [0.05, 0.1) is 4.92 Å². The van der Waals surface area contributed by atoms with Gasteiger partial charge in [0.1, 0.15) is 11.3 Å². The van der Waals surface area contributed by atoms with Gasteiger partial charge in [0.15, 0.2) is 0 Å². The standard InChI is InChI=1S/C22H15N3O5/c26-21(14-6-2-1-3-7-14)24-19-17-8-4-5-9-18(17)30-20(19)22(27)23-15-10-12-16(13-11-15)25(28)29/h1-13H,(H,23,27)(H,24,26). The number of hydrogen-bond acceptors (Lipinski definition) is 5. The highest BCUT2D eigenvalue weighted by Crippen LogP contribution is 2.32. The van der Waals surface area contributed by atoms with Crippen molar-refractivity contribution >= 4 is 39.8 Å². The fourth-order valence-electron chi connectivity index (χ4n) is 2.96. The molecule has 4 rings (SSSR count). The zero-order valence-corrected chi connectivity index (χ0v) is 15.5. The van der Waals surface area contributed by atoms with Gasteiger partial charge in [-0.05, 0) is 36.4 Å². The lowest BCUT2D eigenvalue weighted by atomic mass is 10.1. The first-order valence-electron chi connectivity index (χ1n) is 8.96. The minimum absolute atomic E-state index is 0.0705. The highest BCUT2D eigenvalue weighted by molar-refractivity contribution is 6.16. The van der Waals surface area contributed by atoms with Crippen molar-refractivity contribution in [2.75, 3.05) is 10.6 Å². The van der Waals surface area contributed by atoms with E-state index in [1.807, 2.05) is 0 Å². The number of benzene rings is 3. The summed E-state index contributed by atoms with van der Waals surface area (Å²) in [6.07, 6.45) is 0. The van der Waals surface area contributed by atoms with Crippen LogP contribution in [0, 0.1) is 10.1 Å². The SMILES string of the molecule is O=C(Nc1c(C(=O)Nc2ccc([N+](=O)[O-])cc2)oc2ccccc12)c1ccccc1. The Morgan fingerprint density at radius 1 is 0.800 bits per heavy atom. The van der Waals surface area contributed by atoms with E-state index in [9.17, 15) is 19.7 Å². The Kier molecular flexibility index (Phi) is 4.96. The van der Waals surface area contributed by atoms with Crippen molar-refractivity contribution in [3.8, 4) is 0 Å². The lowest BCUT2D eigenvalue weighted by Gasteiger charge is -2.07. The molecule has 0 saturated carbocycles. The Balaban J connectivity index is 1.66. The number of nitrogens with zero attached hydrogens (tertiary/aromatic N) is 1. The van der Waals surface area contributed by atoms with Crippen LogP contribution in [-0.4, -0.2) is 16.7 Å². The third-order valence-electron chi connectivity index (χ3n) is 4.41. The van der Waals surface area contributed by atoms with E-state index >= 15 is 0 Å². The summed E-state index contributed by atoms with van der Waals surface area (Å²) in [5, 5.41) is 16.8. The molecule has 0 aliphatic heterocycles. The van der Waals surface area contributed by atoms with Gasteiger partial charge in [0, 0.05) is 28.8 Å². The van der Waals surface area contributed by atoms with Gasteiger partial charge in [-0.15, -0.1) is 0 Å². The molecule has 8 nitrogen and oxygen atoms in total. The number of non-ortho nitro benzene ring substituents is 1. The average Bonchev–Trinajstić information content (AvgIpc) is 3.13. The molecule has 0 atom stereocenters. The number of hydrogen-bond donors (Lipinski definition) is 2. The fraction of sp³-hybridized carbons (Fsp3) is 0. The van der Waals surface area contributed by atoms with E-state index < -0.39 is 10.8 Å².